The highest BCUT2D eigenvalue weighted by atomic mass is 32.2. The first-order chi connectivity index (χ1) is 13.5. The molecule has 0 aliphatic heterocycles. The molecule has 160 valence electrons. The molecule has 29 heavy (non-hydrogen) atoms. The lowest BCUT2D eigenvalue weighted by molar-refractivity contribution is -0.286. The van der Waals surface area contributed by atoms with Crippen molar-refractivity contribution in [3.63, 3.8) is 0 Å². The van der Waals surface area contributed by atoms with E-state index in [1.165, 1.54) is 17.7 Å². The molecule has 6 heteroatoms. The maximum absolute atomic E-state index is 12.1. The molecule has 0 aliphatic rings. The molecule has 0 fully saturated rings. The Morgan fingerprint density at radius 1 is 0.897 bits per heavy atom. The minimum atomic E-state index is -3.99. The Bertz CT molecular complexity index is 852. The van der Waals surface area contributed by atoms with Crippen molar-refractivity contribution in [3.05, 3.63) is 60.2 Å². The standard InChI is InChI=1S/C23H32O5S/c1-17(2)22(16-23(4,5)6)19-12-14-20(15-13-19)26-18(3)27-28-29(24,25)21-10-8-7-9-11-21/h7-15,17-18,22H,16H2,1-6H3. The minimum absolute atomic E-state index is 0.0233. The van der Waals surface area contributed by atoms with Crippen LogP contribution < -0.4 is 4.74 Å². The van der Waals surface area contributed by atoms with Gasteiger partial charge in [-0.25, -0.2) is 0 Å². The average molecular weight is 421 g/mol. The summed E-state index contributed by atoms with van der Waals surface area (Å²) in [5, 5.41) is 0. The molecule has 2 rings (SSSR count). The zero-order chi connectivity index (χ0) is 21.7. The third-order valence-corrected chi connectivity index (χ3v) is 5.65. The molecule has 0 saturated carbocycles. The Hall–Kier alpha value is -1.89. The monoisotopic (exact) mass is 420 g/mol. The van der Waals surface area contributed by atoms with Crippen LogP contribution in [0.1, 0.15) is 59.4 Å². The molecule has 0 radical (unpaired) electrons. The second-order valence-corrected chi connectivity index (χ2v) is 10.3. The number of ether oxygens (including phenoxy) is 1. The summed E-state index contributed by atoms with van der Waals surface area (Å²) in [6, 6.07) is 15.7. The van der Waals surface area contributed by atoms with Crippen LogP contribution in [0.2, 0.25) is 0 Å². The molecule has 0 aliphatic carbocycles. The fourth-order valence-corrected chi connectivity index (χ4v) is 3.92. The Balaban J connectivity index is 1.96. The van der Waals surface area contributed by atoms with Crippen LogP contribution >= 0.6 is 0 Å². The molecule has 0 spiro atoms. The highest BCUT2D eigenvalue weighted by Crippen LogP contribution is 2.36. The third-order valence-electron chi connectivity index (χ3n) is 4.54. The first-order valence-corrected chi connectivity index (χ1v) is 11.3. The van der Waals surface area contributed by atoms with Gasteiger partial charge in [0.2, 0.25) is 6.29 Å². The highest BCUT2D eigenvalue weighted by Gasteiger charge is 2.23. The molecule has 2 unspecified atom stereocenters. The van der Waals surface area contributed by atoms with E-state index in [1.807, 2.05) is 12.1 Å². The summed E-state index contributed by atoms with van der Waals surface area (Å²) in [7, 11) is -3.99. The number of hydrogen-bond donors (Lipinski definition) is 0. The van der Waals surface area contributed by atoms with Crippen molar-refractivity contribution in [2.75, 3.05) is 0 Å². The highest BCUT2D eigenvalue weighted by molar-refractivity contribution is 7.86. The van der Waals surface area contributed by atoms with Crippen molar-refractivity contribution < 1.29 is 22.4 Å². The molecule has 2 atom stereocenters. The van der Waals surface area contributed by atoms with Gasteiger partial charge in [-0.15, -0.1) is 0 Å². The van der Waals surface area contributed by atoms with Crippen LogP contribution in [0, 0.1) is 11.3 Å². The Kier molecular flexibility index (Phi) is 7.86. The molecule has 0 amide bonds. The van der Waals surface area contributed by atoms with Gasteiger partial charge in [-0.2, -0.15) is 13.3 Å². The Morgan fingerprint density at radius 3 is 2.00 bits per heavy atom. The van der Waals surface area contributed by atoms with Crippen LogP contribution in [0.3, 0.4) is 0 Å². The second-order valence-electron chi connectivity index (χ2n) is 8.80. The van der Waals surface area contributed by atoms with E-state index in [1.54, 1.807) is 25.1 Å². The predicted molar refractivity (Wildman–Crippen MR) is 114 cm³/mol. The summed E-state index contributed by atoms with van der Waals surface area (Å²) in [6.07, 6.45) is 0.199. The second kappa shape index (κ2) is 9.74. The third kappa shape index (κ3) is 7.46. The molecular weight excluding hydrogens is 388 g/mol. The maximum atomic E-state index is 12.1. The quantitative estimate of drug-likeness (QED) is 0.286. The van der Waals surface area contributed by atoms with Crippen LogP contribution in [0.15, 0.2) is 59.5 Å². The molecule has 2 aromatic rings. The van der Waals surface area contributed by atoms with E-state index in [9.17, 15) is 8.42 Å². The van der Waals surface area contributed by atoms with Gasteiger partial charge >= 0.3 is 10.1 Å². The number of rotatable bonds is 9. The van der Waals surface area contributed by atoms with Crippen molar-refractivity contribution in [2.24, 2.45) is 11.3 Å². The van der Waals surface area contributed by atoms with Gasteiger partial charge in [0.25, 0.3) is 0 Å². The van der Waals surface area contributed by atoms with E-state index in [0.29, 0.717) is 17.6 Å². The van der Waals surface area contributed by atoms with Gasteiger partial charge in [0.05, 0.1) is 4.90 Å². The molecular formula is C23H32O5S. The van der Waals surface area contributed by atoms with Crippen LogP contribution in [0.25, 0.3) is 0 Å². The van der Waals surface area contributed by atoms with Crippen molar-refractivity contribution in [2.45, 2.75) is 65.1 Å². The van der Waals surface area contributed by atoms with E-state index in [0.717, 1.165) is 6.42 Å². The minimum Gasteiger partial charge on any atom is -0.462 e. The van der Waals surface area contributed by atoms with Gasteiger partial charge < -0.3 is 4.74 Å². The lowest BCUT2D eigenvalue weighted by Crippen LogP contribution is -2.19. The van der Waals surface area contributed by atoms with Crippen LogP contribution in [-0.4, -0.2) is 14.7 Å². The van der Waals surface area contributed by atoms with Crippen LogP contribution in [0.4, 0.5) is 0 Å². The van der Waals surface area contributed by atoms with Crippen LogP contribution in [-0.2, 0) is 19.3 Å². The van der Waals surface area contributed by atoms with Crippen molar-refractivity contribution in [3.8, 4) is 5.75 Å². The van der Waals surface area contributed by atoms with E-state index in [-0.39, 0.29) is 10.3 Å². The molecule has 0 heterocycles. The van der Waals surface area contributed by atoms with Gasteiger partial charge in [0.1, 0.15) is 5.75 Å². The molecule has 0 bridgehead atoms. The summed E-state index contributed by atoms with van der Waals surface area (Å²) >= 11 is 0. The van der Waals surface area contributed by atoms with E-state index in [4.69, 9.17) is 9.62 Å². The first kappa shape index (κ1) is 23.4. The fraction of sp³-hybridized carbons (Fsp3) is 0.478. The SMILES string of the molecule is CC(OOS(=O)(=O)c1ccccc1)Oc1ccc(C(CC(C)(C)C)C(C)C)cc1. The van der Waals surface area contributed by atoms with Gasteiger partial charge in [0, 0.05) is 6.92 Å². The van der Waals surface area contributed by atoms with Gasteiger partial charge in [-0.1, -0.05) is 69.3 Å². The van der Waals surface area contributed by atoms with E-state index in [2.05, 4.69) is 51.1 Å². The van der Waals surface area contributed by atoms with Crippen molar-refractivity contribution >= 4 is 10.1 Å². The zero-order valence-electron chi connectivity index (χ0n) is 18.1. The van der Waals surface area contributed by atoms with Crippen LogP contribution in [0.5, 0.6) is 5.75 Å². The van der Waals surface area contributed by atoms with E-state index < -0.39 is 16.4 Å². The van der Waals surface area contributed by atoms with Gasteiger partial charge in [-0.3, -0.25) is 0 Å². The maximum Gasteiger partial charge on any atom is 0.323 e. The molecule has 0 aromatic heterocycles. The Morgan fingerprint density at radius 2 is 1.48 bits per heavy atom. The lowest BCUT2D eigenvalue weighted by atomic mass is 9.76. The summed E-state index contributed by atoms with van der Waals surface area (Å²) < 4.78 is 34.4. The summed E-state index contributed by atoms with van der Waals surface area (Å²) in [6.45, 7) is 12.8. The zero-order valence-corrected chi connectivity index (χ0v) is 18.9. The van der Waals surface area contributed by atoms with Gasteiger partial charge in [-0.05, 0) is 53.5 Å². The first-order valence-electron chi connectivity index (χ1n) is 9.89. The smallest absolute Gasteiger partial charge is 0.323 e. The van der Waals surface area contributed by atoms with E-state index >= 15 is 0 Å². The normalized spacial score (nSPS) is 14.6. The molecule has 0 saturated heterocycles. The number of hydrogen-bond acceptors (Lipinski definition) is 5. The summed E-state index contributed by atoms with van der Waals surface area (Å²) in [5.74, 6) is 1.57. The largest absolute Gasteiger partial charge is 0.462 e. The number of benzene rings is 2. The Labute approximate surface area is 175 Å². The topological polar surface area (TPSA) is 61.8 Å². The molecule has 2 aromatic carbocycles. The predicted octanol–water partition coefficient (Wildman–Crippen LogP) is 5.92. The molecule has 0 N–H and O–H groups in total. The fourth-order valence-electron chi connectivity index (χ4n) is 3.14. The van der Waals surface area contributed by atoms with Crippen molar-refractivity contribution in [1.29, 1.82) is 0 Å². The lowest BCUT2D eigenvalue weighted by Gasteiger charge is -2.29. The molecule has 5 nitrogen and oxygen atoms in total. The summed E-state index contributed by atoms with van der Waals surface area (Å²) in [5.41, 5.74) is 1.51. The van der Waals surface area contributed by atoms with Gasteiger partial charge in [0.15, 0.2) is 0 Å². The average Bonchev–Trinajstić information content (AvgIpc) is 2.65. The summed E-state index contributed by atoms with van der Waals surface area (Å²) in [4.78, 5) is 4.96. The van der Waals surface area contributed by atoms with Crippen molar-refractivity contribution in [1.82, 2.24) is 0 Å².